The van der Waals surface area contributed by atoms with Gasteiger partial charge in [0, 0.05) is 23.0 Å². The summed E-state index contributed by atoms with van der Waals surface area (Å²) in [4.78, 5) is 8.39. The number of alkyl halides is 1. The summed E-state index contributed by atoms with van der Waals surface area (Å²) < 4.78 is 0. The van der Waals surface area contributed by atoms with Crippen LogP contribution in [0.3, 0.4) is 0 Å². The van der Waals surface area contributed by atoms with Crippen molar-refractivity contribution < 1.29 is 0 Å². The quantitative estimate of drug-likeness (QED) is 0.787. The van der Waals surface area contributed by atoms with E-state index in [-0.39, 0.29) is 10.8 Å². The maximum absolute atomic E-state index is 6.16. The summed E-state index contributed by atoms with van der Waals surface area (Å²) in [6.45, 7) is 6.25. The van der Waals surface area contributed by atoms with Gasteiger partial charge >= 0.3 is 0 Å². The molecule has 1 saturated carbocycles. The number of aryl methyl sites for hydroxylation is 1. The second-order valence-electron chi connectivity index (χ2n) is 4.71. The molecule has 82 valence electrons. The van der Waals surface area contributed by atoms with Gasteiger partial charge in [0.2, 0.25) is 0 Å². The maximum atomic E-state index is 6.16. The third-order valence-corrected chi connectivity index (χ3v) is 3.99. The first-order chi connectivity index (χ1) is 7.00. The fraction of sp³-hybridized carbons (Fsp3) is 0.636. The lowest BCUT2D eigenvalue weighted by molar-refractivity contribution is 0.168. The van der Waals surface area contributed by atoms with Gasteiger partial charge < -0.3 is 5.32 Å². The van der Waals surface area contributed by atoms with Gasteiger partial charge in [0.05, 0.1) is 0 Å². The highest BCUT2D eigenvalue weighted by Gasteiger charge is 2.47. The number of nitrogens with zero attached hydrogens (tertiary/aromatic N) is 2. The van der Waals surface area contributed by atoms with E-state index in [0.29, 0.717) is 6.04 Å². The van der Waals surface area contributed by atoms with Crippen molar-refractivity contribution in [3.8, 4) is 0 Å². The Balaban J connectivity index is 2.05. The smallest absolute Gasteiger partial charge is 0.129 e. The molecule has 1 aromatic rings. The Morgan fingerprint density at radius 2 is 2.27 bits per heavy atom. The molecular formula is C11H16ClN3. The molecule has 1 heterocycles. The first-order valence-corrected chi connectivity index (χ1v) is 5.64. The predicted molar refractivity (Wildman–Crippen MR) is 62.2 cm³/mol. The largest absolute Gasteiger partial charge is 0.367 e. The molecule has 0 saturated heterocycles. The van der Waals surface area contributed by atoms with Gasteiger partial charge in [-0.2, -0.15) is 0 Å². The molecule has 3 nitrogen and oxygen atoms in total. The van der Waals surface area contributed by atoms with Crippen LogP contribution in [0, 0.1) is 12.3 Å². The first kappa shape index (κ1) is 10.7. The molecule has 2 unspecified atom stereocenters. The Hall–Kier alpha value is -0.830. The zero-order chi connectivity index (χ0) is 11.1. The molecular weight excluding hydrogens is 210 g/mol. The van der Waals surface area contributed by atoms with E-state index >= 15 is 0 Å². The Kier molecular flexibility index (Phi) is 2.59. The molecule has 0 bridgehead atoms. The minimum absolute atomic E-state index is 0.139. The van der Waals surface area contributed by atoms with E-state index in [1.807, 2.05) is 13.0 Å². The van der Waals surface area contributed by atoms with Crippen molar-refractivity contribution in [1.29, 1.82) is 0 Å². The Morgan fingerprint density at radius 1 is 1.53 bits per heavy atom. The molecule has 0 aliphatic heterocycles. The molecule has 0 aromatic carbocycles. The molecule has 1 fully saturated rings. The topological polar surface area (TPSA) is 37.8 Å². The van der Waals surface area contributed by atoms with E-state index in [1.165, 1.54) is 0 Å². The average Bonchev–Trinajstić information content (AvgIpc) is 2.17. The van der Waals surface area contributed by atoms with Crippen LogP contribution in [0.1, 0.15) is 26.1 Å². The molecule has 0 radical (unpaired) electrons. The van der Waals surface area contributed by atoms with Crippen molar-refractivity contribution >= 4 is 17.4 Å². The third-order valence-electron chi connectivity index (χ3n) is 3.25. The lowest BCUT2D eigenvalue weighted by Crippen LogP contribution is -2.54. The predicted octanol–water partition coefficient (Wildman–Crippen LogP) is 2.60. The minimum Gasteiger partial charge on any atom is -0.367 e. The Morgan fingerprint density at radius 3 is 2.80 bits per heavy atom. The van der Waals surface area contributed by atoms with Gasteiger partial charge in [-0.3, -0.25) is 0 Å². The highest BCUT2D eigenvalue weighted by molar-refractivity contribution is 6.21. The van der Waals surface area contributed by atoms with Crippen LogP contribution in [0.15, 0.2) is 12.3 Å². The summed E-state index contributed by atoms with van der Waals surface area (Å²) in [7, 11) is 0. The van der Waals surface area contributed by atoms with E-state index in [0.717, 1.165) is 18.1 Å². The van der Waals surface area contributed by atoms with E-state index in [1.54, 1.807) is 6.20 Å². The van der Waals surface area contributed by atoms with Crippen LogP contribution in [0.5, 0.6) is 0 Å². The van der Waals surface area contributed by atoms with Gasteiger partial charge in [-0.25, -0.2) is 9.97 Å². The number of rotatable bonds is 2. The van der Waals surface area contributed by atoms with Crippen LogP contribution in [-0.2, 0) is 0 Å². The third kappa shape index (κ3) is 1.93. The summed E-state index contributed by atoms with van der Waals surface area (Å²) in [6, 6.07) is 2.30. The van der Waals surface area contributed by atoms with Crippen molar-refractivity contribution in [1.82, 2.24) is 9.97 Å². The molecule has 2 atom stereocenters. The van der Waals surface area contributed by atoms with Crippen LogP contribution in [0.25, 0.3) is 0 Å². The Bertz CT molecular complexity index is 365. The van der Waals surface area contributed by atoms with Gasteiger partial charge in [-0.1, -0.05) is 13.8 Å². The molecule has 15 heavy (non-hydrogen) atoms. The zero-order valence-corrected chi connectivity index (χ0v) is 10.0. The number of nitrogens with one attached hydrogen (secondary N) is 1. The van der Waals surface area contributed by atoms with Crippen molar-refractivity contribution in [3.05, 3.63) is 18.1 Å². The molecule has 1 N–H and O–H groups in total. The zero-order valence-electron chi connectivity index (χ0n) is 9.29. The summed E-state index contributed by atoms with van der Waals surface area (Å²) >= 11 is 6.16. The molecule has 1 aliphatic rings. The number of hydrogen-bond acceptors (Lipinski definition) is 3. The molecule has 2 rings (SSSR count). The number of hydrogen-bond donors (Lipinski definition) is 1. The SMILES string of the molecule is Cc1nccc(NC2CC(Cl)C2(C)C)n1. The van der Waals surface area contributed by atoms with Crippen molar-refractivity contribution in [2.45, 2.75) is 38.6 Å². The standard InChI is InChI=1S/C11H16ClN3/c1-7-13-5-4-10(14-7)15-9-6-8(12)11(9,2)3/h4-5,8-9H,6H2,1-3H3,(H,13,14,15). The van der Waals surface area contributed by atoms with Gasteiger partial charge in [0.15, 0.2) is 0 Å². The van der Waals surface area contributed by atoms with Crippen LogP contribution in [0.4, 0.5) is 5.82 Å². The van der Waals surface area contributed by atoms with Crippen LogP contribution in [0.2, 0.25) is 0 Å². The highest BCUT2D eigenvalue weighted by Crippen LogP contribution is 2.45. The molecule has 4 heteroatoms. The second-order valence-corrected chi connectivity index (χ2v) is 5.24. The molecule has 1 aromatic heterocycles. The fourth-order valence-corrected chi connectivity index (χ4v) is 2.16. The summed E-state index contributed by atoms with van der Waals surface area (Å²) in [5.74, 6) is 1.68. The number of aromatic nitrogens is 2. The second kappa shape index (κ2) is 3.63. The molecule has 0 spiro atoms. The highest BCUT2D eigenvalue weighted by atomic mass is 35.5. The normalized spacial score (nSPS) is 28.3. The van der Waals surface area contributed by atoms with Gasteiger partial charge in [0.1, 0.15) is 11.6 Å². The van der Waals surface area contributed by atoms with E-state index in [4.69, 9.17) is 11.6 Å². The van der Waals surface area contributed by atoms with Gasteiger partial charge in [-0.15, -0.1) is 11.6 Å². The molecule has 1 aliphatic carbocycles. The lowest BCUT2D eigenvalue weighted by Gasteiger charge is -2.49. The van der Waals surface area contributed by atoms with Crippen LogP contribution >= 0.6 is 11.6 Å². The van der Waals surface area contributed by atoms with Crippen molar-refractivity contribution in [2.75, 3.05) is 5.32 Å². The van der Waals surface area contributed by atoms with Gasteiger partial charge in [-0.05, 0) is 19.4 Å². The fourth-order valence-electron chi connectivity index (χ4n) is 1.83. The monoisotopic (exact) mass is 225 g/mol. The van der Waals surface area contributed by atoms with Gasteiger partial charge in [0.25, 0.3) is 0 Å². The first-order valence-electron chi connectivity index (χ1n) is 5.20. The number of halogens is 1. The van der Waals surface area contributed by atoms with Crippen LogP contribution < -0.4 is 5.32 Å². The Labute approximate surface area is 95.3 Å². The summed E-state index contributed by atoms with van der Waals surface area (Å²) in [6.07, 6.45) is 2.77. The van der Waals surface area contributed by atoms with Crippen molar-refractivity contribution in [2.24, 2.45) is 5.41 Å². The lowest BCUT2D eigenvalue weighted by atomic mass is 9.67. The van der Waals surface area contributed by atoms with E-state index in [9.17, 15) is 0 Å². The van der Waals surface area contributed by atoms with Crippen LogP contribution in [-0.4, -0.2) is 21.4 Å². The number of anilines is 1. The van der Waals surface area contributed by atoms with Crippen molar-refractivity contribution in [3.63, 3.8) is 0 Å². The van der Waals surface area contributed by atoms with E-state index in [2.05, 4.69) is 29.1 Å². The van der Waals surface area contributed by atoms with E-state index < -0.39 is 0 Å². The average molecular weight is 226 g/mol. The summed E-state index contributed by atoms with van der Waals surface area (Å²) in [5, 5.41) is 3.67. The molecule has 0 amide bonds. The maximum Gasteiger partial charge on any atom is 0.129 e. The summed E-state index contributed by atoms with van der Waals surface area (Å²) in [5.41, 5.74) is 0.139. The minimum atomic E-state index is 0.139.